The highest BCUT2D eigenvalue weighted by atomic mass is 32.2. The highest BCUT2D eigenvalue weighted by Crippen LogP contribution is 2.17. The number of hydrogen-bond acceptors (Lipinski definition) is 3. The van der Waals surface area contributed by atoms with Gasteiger partial charge in [-0.05, 0) is 30.9 Å². The molecule has 14 heavy (non-hydrogen) atoms. The number of hydrogen-bond donors (Lipinski definition) is 1. The number of aromatic amines is 1. The van der Waals surface area contributed by atoms with Crippen molar-refractivity contribution in [3.05, 3.63) is 28.4 Å². The Kier molecular flexibility index (Phi) is 2.56. The number of aromatic nitrogens is 2. The molecule has 0 unspecified atom stereocenters. The van der Waals surface area contributed by atoms with Crippen LogP contribution < -0.4 is 0 Å². The normalized spacial score (nSPS) is 10.7. The molecule has 1 aromatic heterocycles. The van der Waals surface area contributed by atoms with E-state index in [4.69, 9.17) is 12.2 Å². The Morgan fingerprint density at radius 2 is 2.21 bits per heavy atom. The van der Waals surface area contributed by atoms with Crippen molar-refractivity contribution in [3.8, 4) is 0 Å². The molecule has 0 aliphatic carbocycles. The number of nitrogens with zero attached hydrogens (tertiary/aromatic N) is 1. The van der Waals surface area contributed by atoms with Crippen LogP contribution in [0.2, 0.25) is 0 Å². The van der Waals surface area contributed by atoms with Gasteiger partial charge in [0.2, 0.25) is 0 Å². The Hall–Kier alpha value is -0.870. The fourth-order valence-corrected chi connectivity index (χ4v) is 2.15. The minimum absolute atomic E-state index is 0.718. The average Bonchev–Trinajstić information content (AvgIpc) is 2.16. The van der Waals surface area contributed by atoms with E-state index in [1.165, 1.54) is 5.56 Å². The van der Waals surface area contributed by atoms with Crippen LogP contribution >= 0.6 is 24.0 Å². The van der Waals surface area contributed by atoms with E-state index in [1.807, 2.05) is 12.3 Å². The lowest BCUT2D eigenvalue weighted by molar-refractivity contribution is 1.10. The number of H-pyrrole nitrogens is 1. The first-order chi connectivity index (χ1) is 6.70. The summed E-state index contributed by atoms with van der Waals surface area (Å²) in [5, 5.41) is 0.886. The molecule has 1 N–H and O–H groups in total. The molecule has 0 bridgehead atoms. The van der Waals surface area contributed by atoms with Crippen LogP contribution in [0.1, 0.15) is 5.56 Å². The van der Waals surface area contributed by atoms with Crippen molar-refractivity contribution in [1.82, 2.24) is 9.97 Å². The van der Waals surface area contributed by atoms with Gasteiger partial charge in [0.05, 0.1) is 11.0 Å². The van der Waals surface area contributed by atoms with Gasteiger partial charge in [-0.2, -0.15) is 0 Å². The van der Waals surface area contributed by atoms with Crippen molar-refractivity contribution in [1.29, 1.82) is 0 Å². The number of aryl methyl sites for hydroxylation is 1. The molecular weight excluding hydrogens is 212 g/mol. The largest absolute Gasteiger partial charge is 0.343 e. The zero-order valence-corrected chi connectivity index (χ0v) is 9.63. The second kappa shape index (κ2) is 3.71. The van der Waals surface area contributed by atoms with E-state index >= 15 is 0 Å². The van der Waals surface area contributed by atoms with Crippen molar-refractivity contribution in [2.24, 2.45) is 0 Å². The van der Waals surface area contributed by atoms with E-state index < -0.39 is 0 Å². The predicted molar refractivity (Wildman–Crippen MR) is 63.4 cm³/mol. The van der Waals surface area contributed by atoms with Gasteiger partial charge in [0.15, 0.2) is 0 Å². The summed E-state index contributed by atoms with van der Waals surface area (Å²) in [7, 11) is 0. The predicted octanol–water partition coefficient (Wildman–Crippen LogP) is 3.32. The molecule has 0 amide bonds. The van der Waals surface area contributed by atoms with Gasteiger partial charge in [0.25, 0.3) is 0 Å². The van der Waals surface area contributed by atoms with Gasteiger partial charge < -0.3 is 4.98 Å². The van der Waals surface area contributed by atoms with Crippen LogP contribution in [-0.2, 0) is 0 Å². The van der Waals surface area contributed by atoms with Gasteiger partial charge in [0, 0.05) is 0 Å². The van der Waals surface area contributed by atoms with Crippen LogP contribution in [0.4, 0.5) is 0 Å². The summed E-state index contributed by atoms with van der Waals surface area (Å²) in [4.78, 5) is 7.64. The first-order valence-corrected chi connectivity index (χ1v) is 5.88. The lowest BCUT2D eigenvalue weighted by Gasteiger charge is -2.01. The zero-order chi connectivity index (χ0) is 10.1. The Morgan fingerprint density at radius 1 is 1.43 bits per heavy atom. The highest BCUT2D eigenvalue weighted by Gasteiger charge is 2.00. The molecule has 72 valence electrons. The van der Waals surface area contributed by atoms with Crippen LogP contribution in [0.3, 0.4) is 0 Å². The number of nitrogens with one attached hydrogen (secondary N) is 1. The minimum atomic E-state index is 0.718. The van der Waals surface area contributed by atoms with Gasteiger partial charge in [-0.3, -0.25) is 0 Å². The molecule has 2 nitrogen and oxygen atoms in total. The third-order valence-electron chi connectivity index (χ3n) is 2.01. The van der Waals surface area contributed by atoms with Gasteiger partial charge in [-0.15, -0.1) is 11.8 Å². The lowest BCUT2D eigenvalue weighted by atomic mass is 10.2. The van der Waals surface area contributed by atoms with E-state index in [9.17, 15) is 0 Å². The molecule has 2 aromatic rings. The van der Waals surface area contributed by atoms with Crippen LogP contribution in [0.5, 0.6) is 0 Å². The zero-order valence-electron chi connectivity index (χ0n) is 8.00. The van der Waals surface area contributed by atoms with Crippen molar-refractivity contribution in [2.45, 2.75) is 11.9 Å². The van der Waals surface area contributed by atoms with Crippen molar-refractivity contribution >= 4 is 35.0 Å². The fraction of sp³-hybridized carbons (Fsp3) is 0.200. The van der Waals surface area contributed by atoms with Crippen LogP contribution in [-0.4, -0.2) is 16.2 Å². The second-order valence-electron chi connectivity index (χ2n) is 3.10. The van der Waals surface area contributed by atoms with E-state index in [0.29, 0.717) is 0 Å². The molecule has 0 saturated heterocycles. The maximum absolute atomic E-state index is 5.18. The standard InChI is InChI=1S/C10H10N2S2/c1-6-3-4-7-8(5-6)11-9(13)10(12-7)14-2/h3-5H,1-2H3,(H,11,13). The Bertz CT molecular complexity index is 531. The van der Waals surface area contributed by atoms with Gasteiger partial charge in [0.1, 0.15) is 9.67 Å². The third-order valence-corrected chi connectivity index (χ3v) is 3.12. The van der Waals surface area contributed by atoms with Crippen molar-refractivity contribution < 1.29 is 0 Å². The van der Waals surface area contributed by atoms with Crippen LogP contribution in [0.25, 0.3) is 11.0 Å². The maximum atomic E-state index is 5.18. The van der Waals surface area contributed by atoms with Gasteiger partial charge >= 0.3 is 0 Å². The number of benzene rings is 1. The number of thioether (sulfide) groups is 1. The topological polar surface area (TPSA) is 28.7 Å². The number of rotatable bonds is 1. The Labute approximate surface area is 91.8 Å². The summed E-state index contributed by atoms with van der Waals surface area (Å²) in [5.41, 5.74) is 3.18. The van der Waals surface area contributed by atoms with E-state index in [2.05, 4.69) is 29.0 Å². The molecule has 4 heteroatoms. The molecular formula is C10H10N2S2. The fourth-order valence-electron chi connectivity index (χ4n) is 1.32. The summed E-state index contributed by atoms with van der Waals surface area (Å²) >= 11 is 6.75. The smallest absolute Gasteiger partial charge is 0.136 e. The SMILES string of the molecule is CSc1nc2ccc(C)cc2[nH]c1=S. The first-order valence-electron chi connectivity index (χ1n) is 4.25. The second-order valence-corrected chi connectivity index (χ2v) is 4.30. The molecule has 0 atom stereocenters. The Balaban J connectivity index is 2.79. The maximum Gasteiger partial charge on any atom is 0.136 e. The summed E-state index contributed by atoms with van der Waals surface area (Å²) in [6.45, 7) is 2.05. The van der Waals surface area contributed by atoms with E-state index in [1.54, 1.807) is 11.8 Å². The molecule has 0 aliphatic rings. The monoisotopic (exact) mass is 222 g/mol. The molecule has 0 aliphatic heterocycles. The van der Waals surface area contributed by atoms with Gasteiger partial charge in [-0.25, -0.2) is 4.98 Å². The first kappa shape index (κ1) is 9.68. The molecule has 1 heterocycles. The summed E-state index contributed by atoms with van der Waals surface area (Å²) in [6, 6.07) is 6.12. The van der Waals surface area contributed by atoms with Gasteiger partial charge in [-0.1, -0.05) is 18.3 Å². The molecule has 0 saturated carbocycles. The molecule has 1 aromatic carbocycles. The Morgan fingerprint density at radius 3 is 2.93 bits per heavy atom. The van der Waals surface area contributed by atoms with Crippen LogP contribution in [0, 0.1) is 11.6 Å². The van der Waals surface area contributed by atoms with Crippen molar-refractivity contribution in [3.63, 3.8) is 0 Å². The quantitative estimate of drug-likeness (QED) is 0.592. The molecule has 0 spiro atoms. The van der Waals surface area contributed by atoms with Crippen molar-refractivity contribution in [2.75, 3.05) is 6.26 Å². The summed E-state index contributed by atoms with van der Waals surface area (Å²) in [6.07, 6.45) is 1.98. The van der Waals surface area contributed by atoms with E-state index in [0.717, 1.165) is 20.7 Å². The van der Waals surface area contributed by atoms with Crippen LogP contribution in [0.15, 0.2) is 23.2 Å². The van der Waals surface area contributed by atoms with E-state index in [-0.39, 0.29) is 0 Å². The third kappa shape index (κ3) is 1.67. The summed E-state index contributed by atoms with van der Waals surface area (Å²) < 4.78 is 0.718. The highest BCUT2D eigenvalue weighted by molar-refractivity contribution is 7.98. The lowest BCUT2D eigenvalue weighted by Crippen LogP contribution is -1.88. The molecule has 2 rings (SSSR count). The minimum Gasteiger partial charge on any atom is -0.343 e. The molecule has 0 fully saturated rings. The summed E-state index contributed by atoms with van der Waals surface area (Å²) in [5.74, 6) is 0. The average molecular weight is 222 g/mol. The molecule has 0 radical (unpaired) electrons. The number of fused-ring (bicyclic) bond motifs is 1.